The molecule has 0 aromatic heterocycles. The van der Waals surface area contributed by atoms with Crippen LogP contribution in [-0.2, 0) is 9.59 Å². The van der Waals surface area contributed by atoms with Gasteiger partial charge in [0.1, 0.15) is 0 Å². The van der Waals surface area contributed by atoms with Crippen LogP contribution < -0.4 is 15.5 Å². The summed E-state index contributed by atoms with van der Waals surface area (Å²) in [5.41, 5.74) is 2.65. The Morgan fingerprint density at radius 3 is 2.38 bits per heavy atom. The number of hydrogen-bond donors (Lipinski definition) is 2. The molecule has 1 saturated heterocycles. The molecule has 1 aromatic carbocycles. The van der Waals surface area contributed by atoms with Crippen LogP contribution in [0.25, 0.3) is 0 Å². The van der Waals surface area contributed by atoms with E-state index < -0.39 is 0 Å². The molecule has 0 spiro atoms. The molecule has 0 aliphatic carbocycles. The van der Waals surface area contributed by atoms with Crippen molar-refractivity contribution in [2.45, 2.75) is 52.4 Å². The second-order valence-corrected chi connectivity index (χ2v) is 8.02. The first-order valence-electron chi connectivity index (χ1n) is 11.1. The maximum absolute atomic E-state index is 11.8. The molecule has 1 aliphatic heterocycles. The highest BCUT2D eigenvalue weighted by atomic mass is 16.2. The minimum atomic E-state index is 0.0101. The topological polar surface area (TPSA) is 64.7 Å². The van der Waals surface area contributed by atoms with Crippen molar-refractivity contribution in [3.63, 3.8) is 0 Å². The highest BCUT2D eigenvalue weighted by molar-refractivity contribution is 5.75. The summed E-state index contributed by atoms with van der Waals surface area (Å²) >= 11 is 0. The van der Waals surface area contributed by atoms with E-state index in [1.807, 2.05) is 0 Å². The van der Waals surface area contributed by atoms with Crippen LogP contribution in [0.3, 0.4) is 0 Å². The SMILES string of the molecule is CC(=O)NCCCCCC(=O)NCCCCN1CCN(c2cccc(C)c2)CC1. The van der Waals surface area contributed by atoms with Gasteiger partial charge >= 0.3 is 0 Å². The Balaban J connectivity index is 1.45. The monoisotopic (exact) mass is 402 g/mol. The van der Waals surface area contributed by atoms with Gasteiger partial charge in [-0.3, -0.25) is 14.5 Å². The number of hydrogen-bond acceptors (Lipinski definition) is 4. The molecule has 0 unspecified atom stereocenters. The van der Waals surface area contributed by atoms with Gasteiger partial charge in [-0.05, 0) is 56.8 Å². The van der Waals surface area contributed by atoms with Gasteiger partial charge in [0.15, 0.2) is 0 Å². The quantitative estimate of drug-likeness (QED) is 0.528. The molecule has 1 aliphatic rings. The summed E-state index contributed by atoms with van der Waals surface area (Å²) in [6.45, 7) is 10.7. The minimum Gasteiger partial charge on any atom is -0.369 e. The van der Waals surface area contributed by atoms with Crippen LogP contribution in [0, 0.1) is 6.92 Å². The number of nitrogens with zero attached hydrogens (tertiary/aromatic N) is 2. The van der Waals surface area contributed by atoms with Gasteiger partial charge in [0.2, 0.25) is 11.8 Å². The summed E-state index contributed by atoms with van der Waals surface area (Å²) in [7, 11) is 0. The number of piperazine rings is 1. The van der Waals surface area contributed by atoms with Gasteiger partial charge in [-0.2, -0.15) is 0 Å². The first-order valence-corrected chi connectivity index (χ1v) is 11.1. The van der Waals surface area contributed by atoms with E-state index in [1.54, 1.807) is 0 Å². The lowest BCUT2D eigenvalue weighted by Gasteiger charge is -2.36. The van der Waals surface area contributed by atoms with E-state index in [-0.39, 0.29) is 11.8 Å². The second-order valence-electron chi connectivity index (χ2n) is 8.02. The number of amides is 2. The van der Waals surface area contributed by atoms with Crippen LogP contribution in [-0.4, -0.2) is 62.5 Å². The summed E-state index contributed by atoms with van der Waals surface area (Å²) in [4.78, 5) is 27.6. The highest BCUT2D eigenvalue weighted by Crippen LogP contribution is 2.17. The molecule has 29 heavy (non-hydrogen) atoms. The molecule has 2 N–H and O–H groups in total. The molecule has 0 saturated carbocycles. The number of carbonyl (C=O) groups excluding carboxylic acids is 2. The molecular formula is C23H38N4O2. The van der Waals surface area contributed by atoms with E-state index in [4.69, 9.17) is 0 Å². The largest absolute Gasteiger partial charge is 0.369 e. The fourth-order valence-corrected chi connectivity index (χ4v) is 3.68. The van der Waals surface area contributed by atoms with Crippen molar-refractivity contribution in [2.24, 2.45) is 0 Å². The molecule has 1 heterocycles. The Morgan fingerprint density at radius 2 is 1.66 bits per heavy atom. The van der Waals surface area contributed by atoms with Crippen molar-refractivity contribution in [3.8, 4) is 0 Å². The smallest absolute Gasteiger partial charge is 0.219 e. The van der Waals surface area contributed by atoms with Crippen LogP contribution >= 0.6 is 0 Å². The van der Waals surface area contributed by atoms with Gasteiger partial charge in [0, 0.05) is 58.3 Å². The van der Waals surface area contributed by atoms with E-state index >= 15 is 0 Å². The molecular weight excluding hydrogens is 364 g/mol. The molecule has 1 fully saturated rings. The minimum absolute atomic E-state index is 0.0101. The zero-order valence-electron chi connectivity index (χ0n) is 18.2. The molecule has 0 radical (unpaired) electrons. The summed E-state index contributed by atoms with van der Waals surface area (Å²) in [6, 6.07) is 8.75. The molecule has 2 amide bonds. The molecule has 2 rings (SSSR count). The fraction of sp³-hybridized carbons (Fsp3) is 0.652. The number of nitrogens with one attached hydrogen (secondary N) is 2. The summed E-state index contributed by atoms with van der Waals surface area (Å²) in [5, 5.41) is 5.80. The maximum Gasteiger partial charge on any atom is 0.219 e. The van der Waals surface area contributed by atoms with Crippen molar-refractivity contribution < 1.29 is 9.59 Å². The van der Waals surface area contributed by atoms with Gasteiger partial charge in [-0.25, -0.2) is 0 Å². The summed E-state index contributed by atoms with van der Waals surface area (Å²) in [6.07, 6.45) is 5.54. The maximum atomic E-state index is 11.8. The molecule has 6 heteroatoms. The van der Waals surface area contributed by atoms with Crippen molar-refractivity contribution in [1.29, 1.82) is 0 Å². The van der Waals surface area contributed by atoms with Crippen LogP contribution in [0.15, 0.2) is 24.3 Å². The van der Waals surface area contributed by atoms with E-state index in [9.17, 15) is 9.59 Å². The fourth-order valence-electron chi connectivity index (χ4n) is 3.68. The van der Waals surface area contributed by atoms with Crippen molar-refractivity contribution in [1.82, 2.24) is 15.5 Å². The van der Waals surface area contributed by atoms with Gasteiger partial charge in [-0.15, -0.1) is 0 Å². The molecule has 0 atom stereocenters. The second kappa shape index (κ2) is 13.2. The predicted octanol–water partition coefficient (Wildman–Crippen LogP) is 2.71. The third-order valence-corrected chi connectivity index (χ3v) is 5.42. The van der Waals surface area contributed by atoms with Gasteiger partial charge < -0.3 is 15.5 Å². The first kappa shape index (κ1) is 23.2. The van der Waals surface area contributed by atoms with Gasteiger partial charge in [0.25, 0.3) is 0 Å². The lowest BCUT2D eigenvalue weighted by molar-refractivity contribution is -0.121. The van der Waals surface area contributed by atoms with Crippen molar-refractivity contribution >= 4 is 17.5 Å². The number of anilines is 1. The predicted molar refractivity (Wildman–Crippen MR) is 119 cm³/mol. The highest BCUT2D eigenvalue weighted by Gasteiger charge is 2.16. The van der Waals surface area contributed by atoms with Crippen LogP contribution in [0.1, 0.15) is 51.0 Å². The van der Waals surface area contributed by atoms with Gasteiger partial charge in [-0.1, -0.05) is 18.6 Å². The number of rotatable bonds is 12. The van der Waals surface area contributed by atoms with E-state index in [2.05, 4.69) is 51.6 Å². The van der Waals surface area contributed by atoms with Crippen molar-refractivity contribution in [3.05, 3.63) is 29.8 Å². The third kappa shape index (κ3) is 9.79. The number of aryl methyl sites for hydroxylation is 1. The van der Waals surface area contributed by atoms with E-state index in [0.29, 0.717) is 13.0 Å². The zero-order valence-corrected chi connectivity index (χ0v) is 18.2. The van der Waals surface area contributed by atoms with Crippen molar-refractivity contribution in [2.75, 3.05) is 50.7 Å². The average Bonchev–Trinajstić information content (AvgIpc) is 2.70. The Labute approximate surface area is 176 Å². The zero-order chi connectivity index (χ0) is 20.9. The molecule has 0 bridgehead atoms. The number of carbonyl (C=O) groups is 2. The molecule has 6 nitrogen and oxygen atoms in total. The Hall–Kier alpha value is -2.08. The van der Waals surface area contributed by atoms with Crippen LogP contribution in [0.4, 0.5) is 5.69 Å². The van der Waals surface area contributed by atoms with Gasteiger partial charge in [0.05, 0.1) is 0 Å². The third-order valence-electron chi connectivity index (χ3n) is 5.42. The summed E-state index contributed by atoms with van der Waals surface area (Å²) in [5.74, 6) is 0.159. The Kier molecular flexibility index (Phi) is 10.6. The number of unbranched alkanes of at least 4 members (excludes halogenated alkanes) is 3. The normalized spacial score (nSPS) is 14.6. The Bertz CT molecular complexity index is 627. The standard InChI is InChI=1S/C23H38N4O2/c1-20-9-8-10-22(19-20)27-17-15-26(16-18-27)14-7-6-13-25-23(29)11-4-3-5-12-24-21(2)28/h8-10,19H,3-7,11-18H2,1-2H3,(H,24,28)(H,25,29). The van der Waals surface area contributed by atoms with E-state index in [1.165, 1.54) is 18.2 Å². The molecule has 162 valence electrons. The van der Waals surface area contributed by atoms with Crippen LogP contribution in [0.5, 0.6) is 0 Å². The summed E-state index contributed by atoms with van der Waals surface area (Å²) < 4.78 is 0. The lowest BCUT2D eigenvalue weighted by Crippen LogP contribution is -2.46. The number of benzene rings is 1. The first-order chi connectivity index (χ1) is 14.0. The molecule has 1 aromatic rings. The van der Waals surface area contributed by atoms with E-state index in [0.717, 1.165) is 71.4 Å². The lowest BCUT2D eigenvalue weighted by atomic mass is 10.2. The van der Waals surface area contributed by atoms with Crippen LogP contribution in [0.2, 0.25) is 0 Å². The Morgan fingerprint density at radius 1 is 0.931 bits per heavy atom. The average molecular weight is 403 g/mol.